The molecule has 1 aromatic rings. The number of halogens is 1. The first-order valence-corrected chi connectivity index (χ1v) is 6.67. The van der Waals surface area contributed by atoms with E-state index in [0.717, 1.165) is 12.1 Å². The maximum absolute atomic E-state index is 13.5. The molecule has 0 fully saturated rings. The van der Waals surface area contributed by atoms with Crippen molar-refractivity contribution in [2.45, 2.75) is 11.3 Å². The highest BCUT2D eigenvalue weighted by Gasteiger charge is 2.19. The van der Waals surface area contributed by atoms with Crippen LogP contribution in [0.15, 0.2) is 17.0 Å². The molecule has 0 aliphatic rings. The maximum Gasteiger partial charge on any atom is 0.240 e. The number of rotatable bonds is 6. The number of hydrogen-bond acceptors (Lipinski definition) is 5. The molecule has 0 heterocycles. The third-order valence-corrected chi connectivity index (χ3v) is 3.66. The van der Waals surface area contributed by atoms with E-state index in [4.69, 9.17) is 11.5 Å². The van der Waals surface area contributed by atoms with Crippen molar-refractivity contribution in [2.75, 3.05) is 19.4 Å². The summed E-state index contributed by atoms with van der Waals surface area (Å²) in [6, 6.07) is 1.84. The Morgan fingerprint density at radius 3 is 2.58 bits per heavy atom. The number of anilines is 1. The van der Waals surface area contributed by atoms with E-state index in [1.165, 1.54) is 7.11 Å². The number of nitrogen functional groups attached to an aromatic ring is 1. The van der Waals surface area contributed by atoms with Crippen LogP contribution in [0.25, 0.3) is 0 Å². The Balaban J connectivity index is 2.99. The van der Waals surface area contributed by atoms with Gasteiger partial charge in [-0.15, -0.1) is 0 Å². The second-order valence-corrected chi connectivity index (χ2v) is 5.41. The number of nitrogens with one attached hydrogen (secondary N) is 1. The van der Waals surface area contributed by atoms with E-state index in [2.05, 4.69) is 9.46 Å². The van der Waals surface area contributed by atoms with E-state index < -0.39 is 21.7 Å². The fraction of sp³-hybridized carbons (Fsp3) is 0.300. The topological polar surface area (TPSA) is 125 Å². The average molecular weight is 291 g/mol. The number of ether oxygens (including phenoxy) is 1. The Labute approximate surface area is 109 Å². The lowest BCUT2D eigenvalue weighted by atomic mass is 10.3. The number of benzene rings is 1. The zero-order valence-electron chi connectivity index (χ0n) is 10.1. The van der Waals surface area contributed by atoms with Crippen molar-refractivity contribution in [2.24, 2.45) is 5.73 Å². The minimum Gasteiger partial charge on any atom is -0.492 e. The first-order chi connectivity index (χ1) is 8.77. The molecular weight excluding hydrogens is 277 g/mol. The summed E-state index contributed by atoms with van der Waals surface area (Å²) in [6.07, 6.45) is -0.159. The number of carbonyl (C=O) groups excluding carboxylic acids is 1. The van der Waals surface area contributed by atoms with Gasteiger partial charge in [0.2, 0.25) is 15.9 Å². The molecule has 1 aromatic carbocycles. The van der Waals surface area contributed by atoms with Crippen molar-refractivity contribution in [3.05, 3.63) is 17.9 Å². The zero-order valence-corrected chi connectivity index (χ0v) is 11.0. The molecule has 1 rings (SSSR count). The van der Waals surface area contributed by atoms with Crippen LogP contribution in [0, 0.1) is 5.82 Å². The van der Waals surface area contributed by atoms with E-state index in [0.29, 0.717) is 0 Å². The second kappa shape index (κ2) is 5.85. The highest BCUT2D eigenvalue weighted by atomic mass is 32.2. The molecule has 0 saturated carbocycles. The van der Waals surface area contributed by atoms with Gasteiger partial charge >= 0.3 is 0 Å². The number of hydrogen-bond donors (Lipinski definition) is 3. The van der Waals surface area contributed by atoms with Crippen LogP contribution in [0.2, 0.25) is 0 Å². The monoisotopic (exact) mass is 291 g/mol. The molecule has 0 unspecified atom stereocenters. The molecule has 9 heteroatoms. The SMILES string of the molecule is COc1c(N)cc(S(=O)(=O)NCCC(N)=O)cc1F. The van der Waals surface area contributed by atoms with Gasteiger partial charge in [-0.25, -0.2) is 17.5 Å². The summed E-state index contributed by atoms with van der Waals surface area (Å²) in [5, 5.41) is 0. The van der Waals surface area contributed by atoms with Gasteiger partial charge in [0.15, 0.2) is 11.6 Å². The Hall–Kier alpha value is -1.87. The fourth-order valence-corrected chi connectivity index (χ4v) is 2.43. The molecule has 0 aromatic heterocycles. The number of nitrogens with two attached hydrogens (primary N) is 2. The molecule has 0 atom stereocenters. The molecule has 5 N–H and O–H groups in total. The first kappa shape index (κ1) is 15.2. The number of primary amides is 1. The third kappa shape index (κ3) is 3.80. The molecule has 0 spiro atoms. The maximum atomic E-state index is 13.5. The van der Waals surface area contributed by atoms with Crippen LogP contribution in [-0.4, -0.2) is 28.0 Å². The summed E-state index contributed by atoms with van der Waals surface area (Å²) < 4.78 is 43.9. The molecule has 7 nitrogen and oxygen atoms in total. The van der Waals surface area contributed by atoms with Crippen molar-refractivity contribution in [3.8, 4) is 5.75 Å². The van der Waals surface area contributed by atoms with Crippen LogP contribution >= 0.6 is 0 Å². The predicted molar refractivity (Wildman–Crippen MR) is 66.4 cm³/mol. The summed E-state index contributed by atoms with van der Waals surface area (Å²) in [7, 11) is -2.74. The summed E-state index contributed by atoms with van der Waals surface area (Å²) in [4.78, 5) is 10.2. The molecule has 106 valence electrons. The van der Waals surface area contributed by atoms with Gasteiger partial charge < -0.3 is 16.2 Å². The Bertz CT molecular complexity index is 565. The van der Waals surface area contributed by atoms with Gasteiger partial charge in [0, 0.05) is 13.0 Å². The van der Waals surface area contributed by atoms with Crippen molar-refractivity contribution in [1.82, 2.24) is 4.72 Å². The highest BCUT2D eigenvalue weighted by Crippen LogP contribution is 2.28. The molecule has 1 amide bonds. The Kier molecular flexibility index (Phi) is 4.67. The van der Waals surface area contributed by atoms with Crippen LogP contribution < -0.4 is 20.9 Å². The Morgan fingerprint density at radius 2 is 2.11 bits per heavy atom. The van der Waals surface area contributed by atoms with Crippen molar-refractivity contribution in [1.29, 1.82) is 0 Å². The van der Waals surface area contributed by atoms with Gasteiger partial charge in [-0.2, -0.15) is 0 Å². The van der Waals surface area contributed by atoms with Crippen molar-refractivity contribution >= 4 is 21.6 Å². The molecule has 0 radical (unpaired) electrons. The van der Waals surface area contributed by atoms with E-state index in [9.17, 15) is 17.6 Å². The van der Waals surface area contributed by atoms with Crippen LogP contribution in [0.4, 0.5) is 10.1 Å². The predicted octanol–water partition coefficient (Wildman–Crippen LogP) is -0.430. The lowest BCUT2D eigenvalue weighted by Crippen LogP contribution is -2.28. The van der Waals surface area contributed by atoms with Gasteiger partial charge in [-0.1, -0.05) is 0 Å². The summed E-state index contributed by atoms with van der Waals surface area (Å²) >= 11 is 0. The zero-order chi connectivity index (χ0) is 14.6. The smallest absolute Gasteiger partial charge is 0.240 e. The van der Waals surface area contributed by atoms with Gasteiger partial charge in [0.1, 0.15) is 0 Å². The minimum atomic E-state index is -3.96. The van der Waals surface area contributed by atoms with Crippen LogP contribution in [0.1, 0.15) is 6.42 Å². The first-order valence-electron chi connectivity index (χ1n) is 5.19. The normalized spacial score (nSPS) is 11.3. The quantitative estimate of drug-likeness (QED) is 0.613. The highest BCUT2D eigenvalue weighted by molar-refractivity contribution is 7.89. The summed E-state index contributed by atoms with van der Waals surface area (Å²) in [6.45, 7) is -0.175. The standard InChI is InChI=1S/C10H14FN3O4S/c1-18-10-7(11)4-6(5-8(10)12)19(16,17)14-3-2-9(13)15/h4-5,14H,2-3,12H2,1H3,(H2,13,15). The Morgan fingerprint density at radius 1 is 1.47 bits per heavy atom. The van der Waals surface area contributed by atoms with Gasteiger partial charge in [0.25, 0.3) is 0 Å². The molecule has 0 aliphatic heterocycles. The number of carbonyl (C=O) groups is 1. The van der Waals surface area contributed by atoms with Crippen molar-refractivity contribution in [3.63, 3.8) is 0 Å². The molecule has 0 bridgehead atoms. The van der Waals surface area contributed by atoms with E-state index >= 15 is 0 Å². The summed E-state index contributed by atoms with van der Waals surface area (Å²) in [5.41, 5.74) is 10.2. The number of amides is 1. The van der Waals surface area contributed by atoms with Gasteiger partial charge in [-0.3, -0.25) is 4.79 Å². The molecule has 19 heavy (non-hydrogen) atoms. The van der Waals surface area contributed by atoms with Crippen LogP contribution in [-0.2, 0) is 14.8 Å². The second-order valence-electron chi connectivity index (χ2n) is 3.64. The number of methoxy groups -OCH3 is 1. The molecule has 0 saturated heterocycles. The van der Waals surface area contributed by atoms with Gasteiger partial charge in [0.05, 0.1) is 17.7 Å². The largest absolute Gasteiger partial charge is 0.492 e. The average Bonchev–Trinajstić information content (AvgIpc) is 2.27. The fourth-order valence-electron chi connectivity index (χ4n) is 1.35. The lowest BCUT2D eigenvalue weighted by Gasteiger charge is -2.10. The lowest BCUT2D eigenvalue weighted by molar-refractivity contribution is -0.117. The minimum absolute atomic E-state index is 0.141. The number of sulfonamides is 1. The summed E-state index contributed by atoms with van der Waals surface area (Å²) in [5.74, 6) is -1.77. The van der Waals surface area contributed by atoms with Crippen molar-refractivity contribution < 1.29 is 22.3 Å². The van der Waals surface area contributed by atoms with E-state index in [1.54, 1.807) is 0 Å². The molecule has 0 aliphatic carbocycles. The van der Waals surface area contributed by atoms with Gasteiger partial charge in [-0.05, 0) is 12.1 Å². The van der Waals surface area contributed by atoms with Crippen LogP contribution in [0.3, 0.4) is 0 Å². The van der Waals surface area contributed by atoms with Crippen LogP contribution in [0.5, 0.6) is 5.75 Å². The van der Waals surface area contributed by atoms with E-state index in [1.807, 2.05) is 0 Å². The molecular formula is C10H14FN3O4S. The van der Waals surface area contributed by atoms with E-state index in [-0.39, 0.29) is 29.3 Å². The third-order valence-electron chi connectivity index (χ3n) is 2.22.